The van der Waals surface area contributed by atoms with Crippen LogP contribution in [0.1, 0.15) is 30.6 Å². The Morgan fingerprint density at radius 3 is 2.67 bits per heavy atom. The topological polar surface area (TPSA) is 70.1 Å². The molecule has 112 valence electrons. The lowest BCUT2D eigenvalue weighted by atomic mass is 10.1. The zero-order valence-corrected chi connectivity index (χ0v) is 12.5. The quantitative estimate of drug-likeness (QED) is 0.730. The maximum Gasteiger partial charge on any atom is 0.224 e. The predicted octanol–water partition coefficient (Wildman–Crippen LogP) is 2.75. The van der Waals surface area contributed by atoms with E-state index in [4.69, 9.17) is 0 Å². The van der Waals surface area contributed by atoms with Crippen LogP contribution in [0.4, 0.5) is 11.8 Å². The van der Waals surface area contributed by atoms with Crippen molar-refractivity contribution >= 4 is 11.8 Å². The van der Waals surface area contributed by atoms with Gasteiger partial charge in [0.1, 0.15) is 5.82 Å². The normalized spacial score (nSPS) is 12.0. The molecule has 5 nitrogen and oxygen atoms in total. The minimum Gasteiger partial charge on any atom is -0.387 e. The number of hydrogen-bond acceptors (Lipinski definition) is 5. The molecule has 1 unspecified atom stereocenters. The van der Waals surface area contributed by atoms with Gasteiger partial charge in [-0.1, -0.05) is 37.3 Å². The van der Waals surface area contributed by atoms with E-state index in [9.17, 15) is 5.11 Å². The number of aliphatic hydroxyl groups is 1. The highest BCUT2D eigenvalue weighted by atomic mass is 16.3. The van der Waals surface area contributed by atoms with Gasteiger partial charge in [0.25, 0.3) is 0 Å². The van der Waals surface area contributed by atoms with Gasteiger partial charge >= 0.3 is 0 Å². The summed E-state index contributed by atoms with van der Waals surface area (Å²) in [5, 5.41) is 16.5. The zero-order chi connectivity index (χ0) is 15.1. The van der Waals surface area contributed by atoms with Crippen LogP contribution in [-0.4, -0.2) is 28.2 Å². The molecule has 1 atom stereocenters. The molecule has 0 radical (unpaired) electrons. The molecule has 0 aliphatic heterocycles. The fourth-order valence-electron chi connectivity index (χ4n) is 1.93. The molecule has 2 rings (SSSR count). The highest BCUT2D eigenvalue weighted by Gasteiger charge is 2.09. The van der Waals surface area contributed by atoms with Gasteiger partial charge in [0.15, 0.2) is 0 Å². The summed E-state index contributed by atoms with van der Waals surface area (Å²) in [5.41, 5.74) is 1.85. The number of nitrogens with one attached hydrogen (secondary N) is 2. The standard InChI is InChI=1S/C16H22N4O/c1-3-9-17-16-19-10-12(2)15(20-16)18-11-14(21)13-7-5-4-6-8-13/h4-8,10,14,21H,3,9,11H2,1-2H3,(H2,17,18,19,20). The Morgan fingerprint density at radius 1 is 1.19 bits per heavy atom. The summed E-state index contributed by atoms with van der Waals surface area (Å²) in [6.45, 7) is 5.29. The van der Waals surface area contributed by atoms with Crippen molar-refractivity contribution in [2.75, 3.05) is 23.7 Å². The van der Waals surface area contributed by atoms with E-state index in [1.165, 1.54) is 0 Å². The van der Waals surface area contributed by atoms with Crippen molar-refractivity contribution in [2.45, 2.75) is 26.4 Å². The van der Waals surface area contributed by atoms with Crippen LogP contribution in [-0.2, 0) is 0 Å². The van der Waals surface area contributed by atoms with Crippen LogP contribution in [0.5, 0.6) is 0 Å². The minimum absolute atomic E-state index is 0.412. The molecule has 2 aromatic rings. The Bertz CT molecular complexity index is 559. The van der Waals surface area contributed by atoms with Crippen molar-refractivity contribution in [1.82, 2.24) is 9.97 Å². The highest BCUT2D eigenvalue weighted by Crippen LogP contribution is 2.16. The average molecular weight is 286 g/mol. The van der Waals surface area contributed by atoms with Crippen LogP contribution in [0.2, 0.25) is 0 Å². The highest BCUT2D eigenvalue weighted by molar-refractivity contribution is 5.46. The Hall–Kier alpha value is -2.14. The van der Waals surface area contributed by atoms with Crippen molar-refractivity contribution in [3.63, 3.8) is 0 Å². The SMILES string of the molecule is CCCNc1ncc(C)c(NCC(O)c2ccccc2)n1. The summed E-state index contributed by atoms with van der Waals surface area (Å²) in [4.78, 5) is 8.67. The van der Waals surface area contributed by atoms with Gasteiger partial charge in [0, 0.05) is 24.8 Å². The first-order valence-corrected chi connectivity index (χ1v) is 7.25. The fourth-order valence-corrected chi connectivity index (χ4v) is 1.93. The molecule has 0 aliphatic rings. The molecule has 0 fully saturated rings. The summed E-state index contributed by atoms with van der Waals surface area (Å²) in [6, 6.07) is 9.59. The molecule has 0 spiro atoms. The third-order valence-electron chi connectivity index (χ3n) is 3.15. The van der Waals surface area contributed by atoms with Gasteiger partial charge in [0.05, 0.1) is 6.10 Å². The maximum absolute atomic E-state index is 10.2. The molecular formula is C16H22N4O. The number of nitrogens with zero attached hydrogens (tertiary/aromatic N) is 2. The molecule has 0 saturated carbocycles. The lowest BCUT2D eigenvalue weighted by molar-refractivity contribution is 0.191. The van der Waals surface area contributed by atoms with E-state index < -0.39 is 6.10 Å². The Kier molecular flexibility index (Phi) is 5.51. The van der Waals surface area contributed by atoms with E-state index in [-0.39, 0.29) is 0 Å². The largest absolute Gasteiger partial charge is 0.387 e. The van der Waals surface area contributed by atoms with Crippen LogP contribution in [0, 0.1) is 6.92 Å². The third-order valence-corrected chi connectivity index (χ3v) is 3.15. The van der Waals surface area contributed by atoms with E-state index in [2.05, 4.69) is 27.5 Å². The summed E-state index contributed by atoms with van der Waals surface area (Å²) in [5.74, 6) is 1.36. The van der Waals surface area contributed by atoms with Crippen molar-refractivity contribution in [1.29, 1.82) is 0 Å². The molecule has 0 bridgehead atoms. The minimum atomic E-state index is -0.562. The van der Waals surface area contributed by atoms with E-state index in [0.717, 1.165) is 29.9 Å². The maximum atomic E-state index is 10.2. The number of hydrogen-bond donors (Lipinski definition) is 3. The van der Waals surface area contributed by atoms with Crippen LogP contribution in [0.3, 0.4) is 0 Å². The number of rotatable bonds is 7. The molecule has 1 aromatic heterocycles. The van der Waals surface area contributed by atoms with Crippen LogP contribution in [0.25, 0.3) is 0 Å². The monoisotopic (exact) mass is 286 g/mol. The second-order valence-corrected chi connectivity index (χ2v) is 4.96. The zero-order valence-electron chi connectivity index (χ0n) is 12.5. The molecule has 0 amide bonds. The Morgan fingerprint density at radius 2 is 1.95 bits per heavy atom. The molecule has 21 heavy (non-hydrogen) atoms. The first kappa shape index (κ1) is 15.3. The van der Waals surface area contributed by atoms with Crippen LogP contribution < -0.4 is 10.6 Å². The number of benzene rings is 1. The number of aliphatic hydroxyl groups excluding tert-OH is 1. The summed E-state index contributed by atoms with van der Waals surface area (Å²) < 4.78 is 0. The number of aryl methyl sites for hydroxylation is 1. The molecule has 0 saturated heterocycles. The van der Waals surface area contributed by atoms with Gasteiger partial charge in [-0.25, -0.2) is 4.98 Å². The number of anilines is 2. The fraction of sp³-hybridized carbons (Fsp3) is 0.375. The average Bonchev–Trinajstić information content (AvgIpc) is 2.53. The van der Waals surface area contributed by atoms with Crippen molar-refractivity contribution in [3.8, 4) is 0 Å². The first-order valence-electron chi connectivity index (χ1n) is 7.25. The number of aromatic nitrogens is 2. The third kappa shape index (κ3) is 4.43. The Labute approximate surface area is 125 Å². The molecule has 0 aliphatic carbocycles. The van der Waals surface area contributed by atoms with Gasteiger partial charge in [-0.3, -0.25) is 0 Å². The predicted molar refractivity (Wildman–Crippen MR) is 85.4 cm³/mol. The molecular weight excluding hydrogens is 264 g/mol. The van der Waals surface area contributed by atoms with Gasteiger partial charge in [0.2, 0.25) is 5.95 Å². The van der Waals surface area contributed by atoms with E-state index >= 15 is 0 Å². The Balaban J connectivity index is 1.99. The van der Waals surface area contributed by atoms with Crippen molar-refractivity contribution in [2.24, 2.45) is 0 Å². The smallest absolute Gasteiger partial charge is 0.224 e. The second kappa shape index (κ2) is 7.59. The molecule has 3 N–H and O–H groups in total. The summed E-state index contributed by atoms with van der Waals surface area (Å²) in [7, 11) is 0. The lowest BCUT2D eigenvalue weighted by Crippen LogP contribution is -2.15. The van der Waals surface area contributed by atoms with Crippen molar-refractivity contribution in [3.05, 3.63) is 47.7 Å². The van der Waals surface area contributed by atoms with Crippen molar-refractivity contribution < 1.29 is 5.11 Å². The second-order valence-electron chi connectivity index (χ2n) is 4.96. The van der Waals surface area contributed by atoms with E-state index in [1.807, 2.05) is 37.3 Å². The van der Waals surface area contributed by atoms with Crippen LogP contribution in [0.15, 0.2) is 36.5 Å². The van der Waals surface area contributed by atoms with Crippen LogP contribution >= 0.6 is 0 Å². The molecule has 1 heterocycles. The van der Waals surface area contributed by atoms with Gasteiger partial charge < -0.3 is 15.7 Å². The van der Waals surface area contributed by atoms with Gasteiger partial charge in [-0.15, -0.1) is 0 Å². The molecule has 5 heteroatoms. The molecule has 1 aromatic carbocycles. The summed E-state index contributed by atoms with van der Waals surface area (Å²) >= 11 is 0. The lowest BCUT2D eigenvalue weighted by Gasteiger charge is -2.14. The van der Waals surface area contributed by atoms with Gasteiger partial charge in [-0.2, -0.15) is 4.98 Å². The summed E-state index contributed by atoms with van der Waals surface area (Å²) in [6.07, 6.45) is 2.24. The first-order chi connectivity index (χ1) is 10.2. The van der Waals surface area contributed by atoms with Gasteiger partial charge in [-0.05, 0) is 18.9 Å². The van der Waals surface area contributed by atoms with E-state index in [0.29, 0.717) is 12.5 Å². The van der Waals surface area contributed by atoms with E-state index in [1.54, 1.807) is 6.20 Å².